The van der Waals surface area contributed by atoms with Gasteiger partial charge in [0.15, 0.2) is 11.5 Å². The predicted molar refractivity (Wildman–Crippen MR) is 134 cm³/mol. The Labute approximate surface area is 197 Å². The van der Waals surface area contributed by atoms with Crippen molar-refractivity contribution in [2.45, 2.75) is 6.92 Å². The monoisotopic (exact) mass is 458 g/mol. The van der Waals surface area contributed by atoms with Gasteiger partial charge in [0.2, 0.25) is 0 Å². The average molecular weight is 459 g/mol. The Morgan fingerprint density at radius 2 is 1.44 bits per heavy atom. The SMILES string of the molecule is COc1ccc(OC)c(/C=C/c2nc3cc(OC)c(OC)cc3c(=O)n2-c2ccc(C)cc2)c1. The van der Waals surface area contributed by atoms with Gasteiger partial charge in [0.1, 0.15) is 17.3 Å². The second-order valence-electron chi connectivity index (χ2n) is 7.61. The molecule has 7 heteroatoms. The summed E-state index contributed by atoms with van der Waals surface area (Å²) in [7, 11) is 6.30. The van der Waals surface area contributed by atoms with Gasteiger partial charge in [0.25, 0.3) is 5.56 Å². The van der Waals surface area contributed by atoms with E-state index in [9.17, 15) is 4.79 Å². The molecule has 4 rings (SSSR count). The summed E-state index contributed by atoms with van der Waals surface area (Å²) in [6.45, 7) is 2.00. The second kappa shape index (κ2) is 9.70. The molecule has 174 valence electrons. The quantitative estimate of drug-likeness (QED) is 0.392. The molecule has 0 bridgehead atoms. The Balaban J connectivity index is 1.97. The van der Waals surface area contributed by atoms with Gasteiger partial charge in [-0.1, -0.05) is 17.7 Å². The molecule has 0 saturated carbocycles. The minimum atomic E-state index is -0.216. The maximum Gasteiger partial charge on any atom is 0.266 e. The Bertz CT molecular complexity index is 1420. The van der Waals surface area contributed by atoms with Crippen LogP contribution in [0.15, 0.2) is 59.4 Å². The molecule has 0 atom stereocenters. The summed E-state index contributed by atoms with van der Waals surface area (Å²) in [6, 6.07) is 16.6. The highest BCUT2D eigenvalue weighted by Gasteiger charge is 2.15. The highest BCUT2D eigenvalue weighted by Crippen LogP contribution is 2.31. The van der Waals surface area contributed by atoms with Crippen LogP contribution in [0.5, 0.6) is 23.0 Å². The van der Waals surface area contributed by atoms with Gasteiger partial charge in [0.05, 0.1) is 45.0 Å². The van der Waals surface area contributed by atoms with Crippen LogP contribution in [0, 0.1) is 6.92 Å². The largest absolute Gasteiger partial charge is 0.497 e. The van der Waals surface area contributed by atoms with E-state index in [1.165, 1.54) is 7.11 Å². The normalized spacial score (nSPS) is 11.1. The summed E-state index contributed by atoms with van der Waals surface area (Å²) in [6.07, 6.45) is 3.63. The predicted octanol–water partition coefficient (Wildman–Crippen LogP) is 4.90. The Morgan fingerprint density at radius 1 is 0.765 bits per heavy atom. The third kappa shape index (κ3) is 4.32. The minimum Gasteiger partial charge on any atom is -0.497 e. The van der Waals surface area contributed by atoms with Crippen LogP contribution in [0.25, 0.3) is 28.7 Å². The summed E-state index contributed by atoms with van der Waals surface area (Å²) in [5.74, 6) is 2.79. The molecular formula is C27H26N2O5. The van der Waals surface area contributed by atoms with E-state index >= 15 is 0 Å². The molecular weight excluding hydrogens is 432 g/mol. The van der Waals surface area contributed by atoms with E-state index in [-0.39, 0.29) is 5.56 Å². The first-order valence-corrected chi connectivity index (χ1v) is 10.6. The number of aryl methyl sites for hydroxylation is 1. The molecule has 34 heavy (non-hydrogen) atoms. The summed E-state index contributed by atoms with van der Waals surface area (Å²) in [4.78, 5) is 18.5. The zero-order valence-electron chi connectivity index (χ0n) is 19.8. The fourth-order valence-corrected chi connectivity index (χ4v) is 3.72. The molecule has 0 fully saturated rings. The smallest absolute Gasteiger partial charge is 0.266 e. The van der Waals surface area contributed by atoms with Crippen molar-refractivity contribution in [2.75, 3.05) is 28.4 Å². The van der Waals surface area contributed by atoms with Gasteiger partial charge >= 0.3 is 0 Å². The molecule has 1 aromatic heterocycles. The van der Waals surface area contributed by atoms with E-state index < -0.39 is 0 Å². The Morgan fingerprint density at radius 3 is 2.09 bits per heavy atom. The molecule has 7 nitrogen and oxygen atoms in total. The van der Waals surface area contributed by atoms with Gasteiger partial charge in [-0.3, -0.25) is 9.36 Å². The van der Waals surface area contributed by atoms with E-state index in [1.54, 1.807) is 44.1 Å². The topological polar surface area (TPSA) is 71.8 Å². The van der Waals surface area contributed by atoms with Gasteiger partial charge in [-0.25, -0.2) is 4.98 Å². The number of methoxy groups -OCH3 is 4. The lowest BCUT2D eigenvalue weighted by molar-refractivity contribution is 0.355. The van der Waals surface area contributed by atoms with E-state index in [0.717, 1.165) is 11.1 Å². The molecule has 0 radical (unpaired) electrons. The fraction of sp³-hybridized carbons (Fsp3) is 0.185. The van der Waals surface area contributed by atoms with Gasteiger partial charge in [-0.15, -0.1) is 0 Å². The lowest BCUT2D eigenvalue weighted by Crippen LogP contribution is -2.22. The zero-order valence-corrected chi connectivity index (χ0v) is 19.8. The third-order valence-corrected chi connectivity index (χ3v) is 5.54. The maximum atomic E-state index is 13.7. The zero-order chi connectivity index (χ0) is 24.2. The molecule has 1 heterocycles. The second-order valence-corrected chi connectivity index (χ2v) is 7.61. The van der Waals surface area contributed by atoms with Gasteiger partial charge in [-0.2, -0.15) is 0 Å². The van der Waals surface area contributed by atoms with E-state index in [0.29, 0.717) is 45.4 Å². The molecule has 0 spiro atoms. The molecule has 0 amide bonds. The van der Waals surface area contributed by atoms with Crippen molar-refractivity contribution in [1.82, 2.24) is 9.55 Å². The number of hydrogen-bond acceptors (Lipinski definition) is 6. The van der Waals surface area contributed by atoms with Crippen LogP contribution >= 0.6 is 0 Å². The fourth-order valence-electron chi connectivity index (χ4n) is 3.72. The molecule has 0 unspecified atom stereocenters. The van der Waals surface area contributed by atoms with Crippen LogP contribution in [-0.4, -0.2) is 38.0 Å². The van der Waals surface area contributed by atoms with E-state index in [2.05, 4.69) is 0 Å². The summed E-state index contributed by atoms with van der Waals surface area (Å²) in [5, 5.41) is 0.425. The summed E-state index contributed by atoms with van der Waals surface area (Å²) >= 11 is 0. The van der Waals surface area contributed by atoms with E-state index in [4.69, 9.17) is 23.9 Å². The number of nitrogens with zero attached hydrogens (tertiary/aromatic N) is 2. The number of aromatic nitrogens is 2. The van der Waals surface area contributed by atoms with Crippen LogP contribution in [0.4, 0.5) is 0 Å². The average Bonchev–Trinajstić information content (AvgIpc) is 2.87. The van der Waals surface area contributed by atoms with Crippen LogP contribution < -0.4 is 24.5 Å². The van der Waals surface area contributed by atoms with Crippen molar-refractivity contribution in [3.63, 3.8) is 0 Å². The van der Waals surface area contributed by atoms with Gasteiger partial charge < -0.3 is 18.9 Å². The highest BCUT2D eigenvalue weighted by molar-refractivity contribution is 5.84. The molecule has 0 aliphatic carbocycles. The first-order valence-electron chi connectivity index (χ1n) is 10.6. The number of ether oxygens (including phenoxy) is 4. The van der Waals surface area contributed by atoms with Crippen LogP contribution in [0.2, 0.25) is 0 Å². The minimum absolute atomic E-state index is 0.216. The number of rotatable bonds is 7. The molecule has 0 saturated heterocycles. The third-order valence-electron chi connectivity index (χ3n) is 5.54. The van der Waals surface area contributed by atoms with Crippen molar-refractivity contribution < 1.29 is 18.9 Å². The Hall–Kier alpha value is -4.26. The van der Waals surface area contributed by atoms with E-state index in [1.807, 2.05) is 55.5 Å². The maximum absolute atomic E-state index is 13.7. The van der Waals surface area contributed by atoms with Gasteiger partial charge in [0, 0.05) is 11.6 Å². The molecule has 3 aromatic carbocycles. The lowest BCUT2D eigenvalue weighted by Gasteiger charge is -2.14. The van der Waals surface area contributed by atoms with Crippen molar-refractivity contribution in [3.8, 4) is 28.7 Å². The standard InChI is InChI=1S/C27H26N2O5/c1-17-6-9-19(10-7-17)29-26(13-8-18-14-20(31-2)11-12-23(18)32-3)28-22-16-25(34-5)24(33-4)15-21(22)27(29)30/h6-16H,1-5H3/b13-8+. The summed E-state index contributed by atoms with van der Waals surface area (Å²) < 4.78 is 23.2. The highest BCUT2D eigenvalue weighted by atomic mass is 16.5. The van der Waals surface area contributed by atoms with Crippen molar-refractivity contribution >= 4 is 23.1 Å². The lowest BCUT2D eigenvalue weighted by atomic mass is 10.1. The first kappa shape index (κ1) is 22.9. The van der Waals surface area contributed by atoms with Crippen molar-refractivity contribution in [3.05, 3.63) is 81.9 Å². The van der Waals surface area contributed by atoms with Crippen molar-refractivity contribution in [2.24, 2.45) is 0 Å². The molecule has 0 aliphatic rings. The number of hydrogen-bond donors (Lipinski definition) is 0. The molecule has 4 aromatic rings. The van der Waals surface area contributed by atoms with Gasteiger partial charge in [-0.05, 0) is 55.5 Å². The van der Waals surface area contributed by atoms with Crippen LogP contribution in [-0.2, 0) is 0 Å². The molecule has 0 N–H and O–H groups in total. The van der Waals surface area contributed by atoms with Crippen LogP contribution in [0.1, 0.15) is 17.0 Å². The molecule has 0 aliphatic heterocycles. The van der Waals surface area contributed by atoms with Crippen LogP contribution in [0.3, 0.4) is 0 Å². The summed E-state index contributed by atoms with van der Waals surface area (Å²) in [5.41, 5.74) is 2.88. The number of benzene rings is 3. The first-order chi connectivity index (χ1) is 16.5. The van der Waals surface area contributed by atoms with Crippen molar-refractivity contribution in [1.29, 1.82) is 0 Å². The Kier molecular flexibility index (Phi) is 6.54. The number of fused-ring (bicyclic) bond motifs is 1.